The molecule has 21 heavy (non-hydrogen) atoms. The third kappa shape index (κ3) is 5.23. The van der Waals surface area contributed by atoms with Crippen LogP contribution in [0, 0.1) is 0 Å². The molecule has 0 aliphatic heterocycles. The first-order valence-corrected chi connectivity index (χ1v) is 7.18. The average Bonchev–Trinajstić information content (AvgIpc) is 2.48. The van der Waals surface area contributed by atoms with E-state index in [4.69, 9.17) is 9.47 Å². The van der Waals surface area contributed by atoms with Crippen molar-refractivity contribution in [2.75, 3.05) is 14.2 Å². The molecule has 0 spiro atoms. The van der Waals surface area contributed by atoms with Crippen LogP contribution in [0.2, 0.25) is 0 Å². The zero-order chi connectivity index (χ0) is 14.4. The van der Waals surface area contributed by atoms with Crippen LogP contribution in [0.3, 0.4) is 0 Å². The third-order valence-corrected chi connectivity index (χ3v) is 3.65. The maximum Gasteiger partial charge on any atom is 0.133 e. The summed E-state index contributed by atoms with van der Waals surface area (Å²) >= 11 is 3.49. The van der Waals surface area contributed by atoms with E-state index in [1.54, 1.807) is 14.2 Å². The summed E-state index contributed by atoms with van der Waals surface area (Å²) in [6, 6.07) is 14.2. The van der Waals surface area contributed by atoms with E-state index in [1.807, 2.05) is 18.2 Å². The lowest BCUT2D eigenvalue weighted by molar-refractivity contribution is 0.412. The minimum Gasteiger partial charge on any atom is -0.497 e. The molecule has 2 aromatic rings. The molecule has 0 aliphatic rings. The average molecular weight is 373 g/mol. The van der Waals surface area contributed by atoms with Crippen LogP contribution in [0.15, 0.2) is 46.9 Å². The molecule has 2 rings (SSSR count). The monoisotopic (exact) mass is 371 g/mol. The number of nitrogens with one attached hydrogen (secondary N) is 1. The Bertz CT molecular complexity index is 561. The maximum absolute atomic E-state index is 5.22. The van der Waals surface area contributed by atoms with E-state index in [1.165, 1.54) is 11.1 Å². The van der Waals surface area contributed by atoms with Crippen molar-refractivity contribution < 1.29 is 9.47 Å². The summed E-state index contributed by atoms with van der Waals surface area (Å²) in [4.78, 5) is 0. The van der Waals surface area contributed by atoms with E-state index in [9.17, 15) is 0 Å². The normalized spacial score (nSPS) is 9.86. The Hall–Kier alpha value is -1.23. The summed E-state index contributed by atoms with van der Waals surface area (Å²) in [7, 11) is 3.34. The minimum absolute atomic E-state index is 0. The maximum atomic E-state index is 5.22. The van der Waals surface area contributed by atoms with Crippen molar-refractivity contribution in [1.29, 1.82) is 0 Å². The van der Waals surface area contributed by atoms with Gasteiger partial charge in [-0.2, -0.15) is 0 Å². The highest BCUT2D eigenvalue weighted by molar-refractivity contribution is 9.10. The number of ether oxygens (including phenoxy) is 2. The molecule has 0 atom stereocenters. The minimum atomic E-state index is 0. The number of rotatable bonds is 6. The number of hydrogen-bond donors (Lipinski definition) is 1. The van der Waals surface area contributed by atoms with E-state index in [0.29, 0.717) is 0 Å². The molecule has 0 fully saturated rings. The molecule has 0 heterocycles. The fourth-order valence-electron chi connectivity index (χ4n) is 1.91. The molecule has 2 aromatic carbocycles. The van der Waals surface area contributed by atoms with Gasteiger partial charge in [0.1, 0.15) is 11.5 Å². The Labute approximate surface area is 140 Å². The van der Waals surface area contributed by atoms with Gasteiger partial charge in [-0.3, -0.25) is 0 Å². The lowest BCUT2D eigenvalue weighted by atomic mass is 10.2. The lowest BCUT2D eigenvalue weighted by Crippen LogP contribution is -2.12. The van der Waals surface area contributed by atoms with Crippen LogP contribution in [0.1, 0.15) is 11.1 Å². The Balaban J connectivity index is 0.00000220. The van der Waals surface area contributed by atoms with E-state index < -0.39 is 0 Å². The van der Waals surface area contributed by atoms with Crippen molar-refractivity contribution >= 4 is 28.3 Å². The largest absolute Gasteiger partial charge is 0.497 e. The second-order valence-corrected chi connectivity index (χ2v) is 5.27. The van der Waals surface area contributed by atoms with Gasteiger partial charge in [-0.15, -0.1) is 12.4 Å². The number of methoxy groups -OCH3 is 2. The molecule has 0 saturated heterocycles. The van der Waals surface area contributed by atoms with Crippen LogP contribution in [-0.4, -0.2) is 14.2 Å². The van der Waals surface area contributed by atoms with Gasteiger partial charge < -0.3 is 14.8 Å². The first-order chi connectivity index (χ1) is 9.72. The summed E-state index contributed by atoms with van der Waals surface area (Å²) in [6.07, 6.45) is 0. The van der Waals surface area contributed by atoms with Gasteiger partial charge in [-0.1, -0.05) is 18.2 Å². The topological polar surface area (TPSA) is 30.5 Å². The van der Waals surface area contributed by atoms with E-state index in [0.717, 1.165) is 29.1 Å². The highest BCUT2D eigenvalue weighted by atomic mass is 79.9. The zero-order valence-electron chi connectivity index (χ0n) is 12.1. The molecule has 114 valence electrons. The van der Waals surface area contributed by atoms with Crippen molar-refractivity contribution in [2.45, 2.75) is 13.1 Å². The molecule has 1 N–H and O–H groups in total. The Morgan fingerprint density at radius 1 is 0.905 bits per heavy atom. The second-order valence-electron chi connectivity index (χ2n) is 4.42. The van der Waals surface area contributed by atoms with Crippen LogP contribution < -0.4 is 14.8 Å². The van der Waals surface area contributed by atoms with E-state index >= 15 is 0 Å². The second kappa shape index (κ2) is 8.93. The molecule has 0 bridgehead atoms. The number of hydrogen-bond acceptors (Lipinski definition) is 3. The third-order valence-electron chi connectivity index (χ3n) is 3.03. The smallest absolute Gasteiger partial charge is 0.133 e. The lowest BCUT2D eigenvalue weighted by Gasteiger charge is -2.08. The standard InChI is InChI=1S/C16H18BrNO2.ClH/c1-19-14-6-3-12(4-7-14)10-18-11-13-5-8-16(20-2)15(17)9-13;/h3-9,18H,10-11H2,1-2H3;1H. The van der Waals surface area contributed by atoms with Gasteiger partial charge in [0.25, 0.3) is 0 Å². The van der Waals surface area contributed by atoms with Crippen molar-refractivity contribution in [3.8, 4) is 11.5 Å². The summed E-state index contributed by atoms with van der Waals surface area (Å²) in [6.45, 7) is 1.64. The van der Waals surface area contributed by atoms with Crippen molar-refractivity contribution in [2.24, 2.45) is 0 Å². The fourth-order valence-corrected chi connectivity index (χ4v) is 2.50. The van der Waals surface area contributed by atoms with Gasteiger partial charge in [0.05, 0.1) is 18.7 Å². The van der Waals surface area contributed by atoms with Crippen LogP contribution in [0.5, 0.6) is 11.5 Å². The van der Waals surface area contributed by atoms with Crippen LogP contribution in [0.4, 0.5) is 0 Å². The Morgan fingerprint density at radius 2 is 1.52 bits per heavy atom. The fraction of sp³-hybridized carbons (Fsp3) is 0.250. The van der Waals surface area contributed by atoms with Gasteiger partial charge in [0.2, 0.25) is 0 Å². The van der Waals surface area contributed by atoms with Gasteiger partial charge >= 0.3 is 0 Å². The zero-order valence-corrected chi connectivity index (χ0v) is 14.5. The molecule has 0 unspecified atom stereocenters. The molecule has 5 heteroatoms. The molecular weight excluding hydrogens is 354 g/mol. The first kappa shape index (κ1) is 17.8. The van der Waals surface area contributed by atoms with E-state index in [-0.39, 0.29) is 12.4 Å². The van der Waals surface area contributed by atoms with Crippen LogP contribution in [-0.2, 0) is 13.1 Å². The molecule has 3 nitrogen and oxygen atoms in total. The van der Waals surface area contributed by atoms with Crippen molar-refractivity contribution in [3.05, 3.63) is 58.1 Å². The summed E-state index contributed by atoms with van der Waals surface area (Å²) in [5, 5.41) is 3.42. The predicted octanol–water partition coefficient (Wildman–Crippen LogP) is 4.18. The number of benzene rings is 2. The SMILES string of the molecule is COc1ccc(CNCc2ccc(OC)c(Br)c2)cc1.Cl. The van der Waals surface area contributed by atoms with Gasteiger partial charge in [-0.05, 0) is 51.3 Å². The molecule has 0 aromatic heterocycles. The quantitative estimate of drug-likeness (QED) is 0.825. The summed E-state index contributed by atoms with van der Waals surface area (Å²) in [5.41, 5.74) is 2.45. The molecule has 0 saturated carbocycles. The van der Waals surface area contributed by atoms with E-state index in [2.05, 4.69) is 45.5 Å². The summed E-state index contributed by atoms with van der Waals surface area (Å²) < 4.78 is 11.3. The van der Waals surface area contributed by atoms with Gasteiger partial charge in [-0.25, -0.2) is 0 Å². The van der Waals surface area contributed by atoms with Crippen LogP contribution in [0.25, 0.3) is 0 Å². The van der Waals surface area contributed by atoms with Crippen LogP contribution >= 0.6 is 28.3 Å². The van der Waals surface area contributed by atoms with Crippen molar-refractivity contribution in [1.82, 2.24) is 5.32 Å². The highest BCUT2D eigenvalue weighted by Crippen LogP contribution is 2.25. The Kier molecular flexibility index (Phi) is 7.57. The van der Waals surface area contributed by atoms with Gasteiger partial charge in [0, 0.05) is 13.1 Å². The van der Waals surface area contributed by atoms with Crippen molar-refractivity contribution in [3.63, 3.8) is 0 Å². The molecular formula is C16H19BrClNO2. The summed E-state index contributed by atoms with van der Waals surface area (Å²) in [5.74, 6) is 1.73. The predicted molar refractivity (Wildman–Crippen MR) is 91.5 cm³/mol. The number of halogens is 2. The van der Waals surface area contributed by atoms with Gasteiger partial charge in [0.15, 0.2) is 0 Å². The molecule has 0 amide bonds. The highest BCUT2D eigenvalue weighted by Gasteiger charge is 2.01. The Morgan fingerprint density at radius 3 is 2.10 bits per heavy atom. The molecule has 0 radical (unpaired) electrons. The molecule has 0 aliphatic carbocycles. The first-order valence-electron chi connectivity index (χ1n) is 6.39.